The molecule has 14 rings (SSSR count). The maximum absolute atomic E-state index is 6.04. The quantitative estimate of drug-likeness (QED) is 0.161. The molecule has 4 nitrogen and oxygen atoms in total. The van der Waals surface area contributed by atoms with Gasteiger partial charge in [0.25, 0.3) is 6.71 Å². The second-order valence-electron chi connectivity index (χ2n) is 38.5. The van der Waals surface area contributed by atoms with Crippen LogP contribution in [0.25, 0.3) is 88.9 Å². The summed E-state index contributed by atoms with van der Waals surface area (Å²) in [5, 5.41) is 5.85. The van der Waals surface area contributed by atoms with E-state index in [1.165, 1.54) is 180 Å². The van der Waals surface area contributed by atoms with Crippen molar-refractivity contribution in [1.82, 2.24) is 19.1 Å². The van der Waals surface area contributed by atoms with Crippen LogP contribution in [0, 0.1) is 0 Å². The molecule has 0 radical (unpaired) electrons. The number of hydrogen-bond donors (Lipinski definition) is 0. The second-order valence-corrected chi connectivity index (χ2v) is 38.5. The summed E-state index contributed by atoms with van der Waals surface area (Å²) in [5.74, 6) is 1.75. The first kappa shape index (κ1) is 65.6. The normalized spacial score (nSPS) is 16.3. The monoisotopic (exact) mass is 1260 g/mol. The summed E-state index contributed by atoms with van der Waals surface area (Å²) >= 11 is 0. The summed E-state index contributed by atoms with van der Waals surface area (Å²) in [7, 11) is 0. The van der Waals surface area contributed by atoms with Gasteiger partial charge in [0.05, 0.1) is 22.4 Å². The van der Waals surface area contributed by atoms with Crippen LogP contribution >= 0.6 is 0 Å². The number of nitrogens with zero attached hydrogens (tertiary/aromatic N) is 4. The van der Waals surface area contributed by atoms with Crippen molar-refractivity contribution in [2.75, 3.05) is 0 Å². The van der Waals surface area contributed by atoms with Gasteiger partial charge in [0, 0.05) is 60.6 Å². The molecule has 5 heteroatoms. The van der Waals surface area contributed by atoms with Crippen molar-refractivity contribution < 1.29 is 0 Å². The van der Waals surface area contributed by atoms with Gasteiger partial charge in [-0.15, -0.1) is 0 Å². The van der Waals surface area contributed by atoms with Gasteiger partial charge in [0.15, 0.2) is 5.82 Å². The van der Waals surface area contributed by atoms with Gasteiger partial charge in [0.2, 0.25) is 0 Å². The lowest BCUT2D eigenvalue weighted by Crippen LogP contribution is -2.59. The Morgan fingerprint density at radius 2 is 0.653 bits per heavy atom. The highest BCUT2D eigenvalue weighted by atomic mass is 15.0. The SMILES string of the molecule is CC(C)(C)c1cc(-c2cc(-c3cc(C(C)(C)C)cc(C(C)(C)C)c3)nc(-c3cc4c5c(c3)-n3c6cc(C(C)(C)C)cc(C(C)(C)C)c6c6c(C7CCCCC7)ccc(c63)B5c3ccc(C5CCCCC5)c5c6c(C(C)(C)C)cc(C(C)(C)C)cc6n-4c35)n2)cc(C(C)(C)C)c1. The summed E-state index contributed by atoms with van der Waals surface area (Å²) < 4.78 is 5.63. The van der Waals surface area contributed by atoms with Crippen molar-refractivity contribution in [1.29, 1.82) is 0 Å². The highest BCUT2D eigenvalue weighted by Gasteiger charge is 2.45. The van der Waals surface area contributed by atoms with Gasteiger partial charge in [-0.1, -0.05) is 253 Å². The van der Waals surface area contributed by atoms with Crippen LogP contribution in [-0.4, -0.2) is 25.8 Å². The minimum atomic E-state index is -0.136. The molecule has 0 bridgehead atoms. The number of rotatable bonds is 5. The van der Waals surface area contributed by atoms with Crippen LogP contribution in [0.3, 0.4) is 0 Å². The Balaban J connectivity index is 1.21. The fourth-order valence-electron chi connectivity index (χ4n) is 17.2. The molecule has 2 fully saturated rings. The first-order chi connectivity index (χ1) is 44.2. The summed E-state index contributed by atoms with van der Waals surface area (Å²) in [5.41, 5.74) is 30.6. The van der Waals surface area contributed by atoms with Crippen LogP contribution in [0.5, 0.6) is 0 Å². The summed E-state index contributed by atoms with van der Waals surface area (Å²) in [4.78, 5) is 12.1. The van der Waals surface area contributed by atoms with E-state index in [0.29, 0.717) is 11.8 Å². The van der Waals surface area contributed by atoms with Gasteiger partial charge in [-0.3, -0.25) is 0 Å². The average Bonchev–Trinajstić information content (AvgIpc) is 1.53. The Bertz CT molecular complexity index is 4430. The lowest BCUT2D eigenvalue weighted by molar-refractivity contribution is 0.445. The van der Waals surface area contributed by atoms with Gasteiger partial charge in [0.1, 0.15) is 0 Å². The zero-order chi connectivity index (χ0) is 68.1. The molecule has 2 aliphatic heterocycles. The zero-order valence-corrected chi connectivity index (χ0v) is 62.9. The molecule has 0 saturated heterocycles. The molecule has 0 N–H and O–H groups in total. The first-order valence-corrected chi connectivity index (χ1v) is 36.9. The van der Waals surface area contributed by atoms with E-state index in [1.54, 1.807) is 11.1 Å². The third-order valence-electron chi connectivity index (χ3n) is 23.0. The van der Waals surface area contributed by atoms with Crippen molar-refractivity contribution in [3.63, 3.8) is 0 Å². The topological polar surface area (TPSA) is 35.6 Å². The minimum absolute atomic E-state index is 0.0245. The average molecular weight is 1260 g/mol. The summed E-state index contributed by atoms with van der Waals surface area (Å²) in [6.45, 7) is 57.5. The first-order valence-electron chi connectivity index (χ1n) is 36.9. The smallest absolute Gasteiger partial charge is 0.252 e. The molecule has 7 aromatic carbocycles. The summed E-state index contributed by atoms with van der Waals surface area (Å²) in [6.07, 6.45) is 12.7. The lowest BCUT2D eigenvalue weighted by atomic mass is 9.34. The third kappa shape index (κ3) is 11.1. The predicted molar refractivity (Wildman–Crippen MR) is 413 cm³/mol. The van der Waals surface area contributed by atoms with Crippen molar-refractivity contribution in [2.24, 2.45) is 0 Å². The minimum Gasteiger partial charge on any atom is -0.310 e. The van der Waals surface area contributed by atoms with Gasteiger partial charge in [-0.25, -0.2) is 9.97 Å². The zero-order valence-electron chi connectivity index (χ0n) is 62.9. The van der Waals surface area contributed by atoms with E-state index < -0.39 is 0 Å². The predicted octanol–water partition coefficient (Wildman–Crippen LogP) is 23.3. The van der Waals surface area contributed by atoms with E-state index in [-0.39, 0.29) is 50.0 Å². The molecule has 0 atom stereocenters. The van der Waals surface area contributed by atoms with E-state index in [2.05, 4.69) is 278 Å². The fourth-order valence-corrected chi connectivity index (χ4v) is 17.2. The van der Waals surface area contributed by atoms with Crippen molar-refractivity contribution in [3.05, 3.63) is 159 Å². The maximum Gasteiger partial charge on any atom is 0.252 e. The highest BCUT2D eigenvalue weighted by molar-refractivity contribution is 7.00. The molecule has 0 amide bonds. The van der Waals surface area contributed by atoms with Gasteiger partial charge < -0.3 is 9.13 Å². The Hall–Kier alpha value is -6.72. The van der Waals surface area contributed by atoms with E-state index in [9.17, 15) is 0 Å². The van der Waals surface area contributed by atoms with E-state index >= 15 is 0 Å². The summed E-state index contributed by atoms with van der Waals surface area (Å²) in [6, 6.07) is 43.2. The number of hydrogen-bond acceptors (Lipinski definition) is 2. The molecule has 494 valence electrons. The highest BCUT2D eigenvalue weighted by Crippen LogP contribution is 2.52. The Kier molecular flexibility index (Phi) is 15.1. The van der Waals surface area contributed by atoms with Crippen LogP contribution in [0.1, 0.15) is 298 Å². The lowest BCUT2D eigenvalue weighted by Gasteiger charge is -2.35. The van der Waals surface area contributed by atoms with E-state index in [0.717, 1.165) is 33.9 Å². The van der Waals surface area contributed by atoms with Gasteiger partial charge >= 0.3 is 0 Å². The van der Waals surface area contributed by atoms with Crippen molar-refractivity contribution >= 4 is 66.7 Å². The largest absolute Gasteiger partial charge is 0.310 e. The van der Waals surface area contributed by atoms with Crippen LogP contribution in [0.15, 0.2) is 103 Å². The Labute approximate surface area is 572 Å². The number of fused-ring (bicyclic) bond motifs is 10. The molecule has 3 aromatic heterocycles. The second kappa shape index (κ2) is 21.9. The van der Waals surface area contributed by atoms with E-state index in [1.807, 2.05) is 0 Å². The molecule has 5 heterocycles. The molecular formula is C90H111BN4. The molecular weight excluding hydrogens is 1150 g/mol. The van der Waals surface area contributed by atoms with Gasteiger partial charge in [-0.05, 0) is 207 Å². The van der Waals surface area contributed by atoms with Crippen LogP contribution < -0.4 is 16.4 Å². The Morgan fingerprint density at radius 3 is 0.968 bits per heavy atom. The Morgan fingerprint density at radius 1 is 0.326 bits per heavy atom. The standard InChI is InChI=1S/C90H111BN4/c1-83(2,3)57-39-54(40-58(45-57)84(4,5)6)69-51-70(55-41-59(85(7,8)9)46-60(42-55)86(10,11)12)93-82(92-69)56-43-73-79-74(44-56)95-72-50-62(88(16,17)18)48-66(90(22,23)24)78(72)76-64(53-33-29-26-30-34-53)36-38-68(81(76)95)91(79)67-37-35-63(52-31-27-25-28-32-52)75-77-65(89(19,20)21)47-61(87(13,14)15)49-71(77)94(73)80(67)75/h35-53H,25-34H2,1-24H3. The maximum atomic E-state index is 6.04. The molecule has 2 aliphatic carbocycles. The third-order valence-corrected chi connectivity index (χ3v) is 23.0. The number of aromatic nitrogens is 4. The molecule has 10 aromatic rings. The fraction of sp³-hybridized carbons (Fsp3) is 0.489. The van der Waals surface area contributed by atoms with E-state index in [4.69, 9.17) is 9.97 Å². The van der Waals surface area contributed by atoms with Crippen molar-refractivity contribution in [2.45, 2.75) is 286 Å². The molecule has 2 saturated carbocycles. The van der Waals surface area contributed by atoms with Crippen LogP contribution in [0.4, 0.5) is 0 Å². The van der Waals surface area contributed by atoms with Gasteiger partial charge in [-0.2, -0.15) is 0 Å². The molecule has 0 unspecified atom stereocenters. The molecule has 95 heavy (non-hydrogen) atoms. The van der Waals surface area contributed by atoms with Crippen LogP contribution in [-0.2, 0) is 43.3 Å². The van der Waals surface area contributed by atoms with Crippen molar-refractivity contribution in [3.8, 4) is 45.3 Å². The number of benzene rings is 7. The molecule has 0 spiro atoms. The molecule has 4 aliphatic rings. The van der Waals surface area contributed by atoms with Crippen LogP contribution in [0.2, 0.25) is 0 Å².